The van der Waals surface area contributed by atoms with Crippen molar-refractivity contribution in [2.24, 2.45) is 5.41 Å². The number of ether oxygens (including phenoxy) is 3. The van der Waals surface area contributed by atoms with Crippen LogP contribution in [-0.2, 0) is 27.5 Å². The lowest BCUT2D eigenvalue weighted by Gasteiger charge is -2.54. The Labute approximate surface area is 154 Å². The Morgan fingerprint density at radius 2 is 1.48 bits per heavy atom. The summed E-state index contributed by atoms with van der Waals surface area (Å²) in [7, 11) is -1.22. The highest BCUT2D eigenvalue weighted by atomic mass is 28.4. The Morgan fingerprint density at radius 3 is 1.76 bits per heavy atom. The monoisotopic (exact) mass is 378 g/mol. The maximum atomic E-state index is 6.15. The minimum Gasteiger partial charge on any atom is -0.380 e. The second-order valence-electron chi connectivity index (χ2n) is 6.66. The predicted octanol–water partition coefficient (Wildman–Crippen LogP) is 3.20. The molecule has 1 aliphatic heterocycles. The van der Waals surface area contributed by atoms with Gasteiger partial charge in [-0.2, -0.15) is 0 Å². The van der Waals surface area contributed by atoms with Crippen LogP contribution < -0.4 is 0 Å². The molecule has 0 aromatic carbocycles. The molecule has 150 valence electrons. The Balaban J connectivity index is 3.20. The molecule has 0 bridgehead atoms. The highest BCUT2D eigenvalue weighted by Crippen LogP contribution is 2.47. The molecule has 1 aliphatic rings. The SMILES string of the molecule is CCOC(CC(CC)(OC)C1(C)COC1)[Si](OCC)(OCC)OCC. The first-order valence-corrected chi connectivity index (χ1v) is 11.4. The van der Waals surface area contributed by atoms with Crippen LogP contribution in [0.2, 0.25) is 0 Å². The van der Waals surface area contributed by atoms with Gasteiger partial charge in [-0.3, -0.25) is 0 Å². The van der Waals surface area contributed by atoms with Gasteiger partial charge in [0.2, 0.25) is 0 Å². The Morgan fingerprint density at radius 1 is 0.960 bits per heavy atom. The van der Waals surface area contributed by atoms with E-state index < -0.39 is 8.80 Å². The summed E-state index contributed by atoms with van der Waals surface area (Å²) in [6.45, 7) is 15.8. The van der Waals surface area contributed by atoms with Gasteiger partial charge in [-0.25, -0.2) is 0 Å². The molecule has 0 amide bonds. The van der Waals surface area contributed by atoms with Gasteiger partial charge in [0.15, 0.2) is 0 Å². The first-order valence-electron chi connectivity index (χ1n) is 9.59. The van der Waals surface area contributed by atoms with Crippen molar-refractivity contribution in [2.75, 3.05) is 46.8 Å². The van der Waals surface area contributed by atoms with E-state index >= 15 is 0 Å². The van der Waals surface area contributed by atoms with Crippen molar-refractivity contribution in [1.29, 1.82) is 0 Å². The number of hydrogen-bond donors (Lipinski definition) is 0. The Bertz CT molecular complexity index is 354. The molecule has 1 rings (SSSR count). The molecule has 2 atom stereocenters. The fourth-order valence-electron chi connectivity index (χ4n) is 3.76. The van der Waals surface area contributed by atoms with Crippen LogP contribution in [-0.4, -0.2) is 66.9 Å². The molecule has 0 aromatic heterocycles. The lowest BCUT2D eigenvalue weighted by atomic mass is 9.68. The van der Waals surface area contributed by atoms with Crippen LogP contribution in [0, 0.1) is 5.41 Å². The third-order valence-corrected chi connectivity index (χ3v) is 8.45. The fourth-order valence-corrected chi connectivity index (χ4v) is 6.72. The van der Waals surface area contributed by atoms with Crippen molar-refractivity contribution in [3.05, 3.63) is 0 Å². The number of rotatable bonds is 14. The summed E-state index contributed by atoms with van der Waals surface area (Å²) in [6, 6.07) is 0. The summed E-state index contributed by atoms with van der Waals surface area (Å²) in [5, 5.41) is 0. The van der Waals surface area contributed by atoms with Crippen molar-refractivity contribution >= 4 is 8.80 Å². The molecule has 1 saturated heterocycles. The van der Waals surface area contributed by atoms with Gasteiger partial charge in [-0.05, 0) is 34.1 Å². The average molecular weight is 379 g/mol. The zero-order valence-electron chi connectivity index (χ0n) is 17.2. The van der Waals surface area contributed by atoms with E-state index in [-0.39, 0.29) is 16.7 Å². The zero-order valence-corrected chi connectivity index (χ0v) is 18.2. The molecule has 0 N–H and O–H groups in total. The molecule has 2 unspecified atom stereocenters. The van der Waals surface area contributed by atoms with E-state index in [1.165, 1.54) is 0 Å². The highest BCUT2D eigenvalue weighted by molar-refractivity contribution is 6.62. The van der Waals surface area contributed by atoms with E-state index in [1.807, 2.05) is 27.7 Å². The third kappa shape index (κ3) is 4.83. The van der Waals surface area contributed by atoms with Gasteiger partial charge in [0.05, 0.1) is 18.8 Å². The van der Waals surface area contributed by atoms with Gasteiger partial charge < -0.3 is 27.5 Å². The zero-order chi connectivity index (χ0) is 19.0. The molecule has 1 heterocycles. The summed E-state index contributed by atoms with van der Waals surface area (Å²) in [4.78, 5) is 0. The summed E-state index contributed by atoms with van der Waals surface area (Å²) < 4.78 is 36.1. The number of methoxy groups -OCH3 is 1. The van der Waals surface area contributed by atoms with Crippen LogP contribution in [0.4, 0.5) is 0 Å². The van der Waals surface area contributed by atoms with Crippen molar-refractivity contribution in [2.45, 2.75) is 65.7 Å². The largest absolute Gasteiger partial charge is 0.531 e. The normalized spacial score (nSPS) is 20.8. The lowest BCUT2D eigenvalue weighted by Crippen LogP contribution is -2.65. The van der Waals surface area contributed by atoms with Gasteiger partial charge in [0.1, 0.15) is 5.73 Å². The molecule has 0 aliphatic carbocycles. The second-order valence-corrected chi connectivity index (χ2v) is 9.37. The van der Waals surface area contributed by atoms with Gasteiger partial charge in [-0.15, -0.1) is 0 Å². The minimum atomic E-state index is -3.00. The van der Waals surface area contributed by atoms with Gasteiger partial charge in [-0.1, -0.05) is 13.8 Å². The Kier molecular flexibility index (Phi) is 9.53. The van der Waals surface area contributed by atoms with Crippen LogP contribution in [0.3, 0.4) is 0 Å². The molecule has 6 nitrogen and oxygen atoms in total. The maximum Gasteiger partial charge on any atom is 0.531 e. The standard InChI is InChI=1S/C18H38O6Si/c1-8-18(19-7,17(6)14-20-15-17)13-16(21-9-2)25(22-10-3,23-11-4)24-12-5/h16H,8-15H2,1-7H3. The molecule has 0 saturated carbocycles. The van der Waals surface area contributed by atoms with Crippen LogP contribution in [0.5, 0.6) is 0 Å². The molecular formula is C18H38O6Si. The average Bonchev–Trinajstić information content (AvgIpc) is 2.57. The minimum absolute atomic E-state index is 0.0450. The van der Waals surface area contributed by atoms with Gasteiger partial charge in [0.25, 0.3) is 0 Å². The van der Waals surface area contributed by atoms with Crippen LogP contribution in [0.25, 0.3) is 0 Å². The van der Waals surface area contributed by atoms with Crippen molar-refractivity contribution in [3.8, 4) is 0 Å². The van der Waals surface area contributed by atoms with Gasteiger partial charge in [0, 0.05) is 45.4 Å². The van der Waals surface area contributed by atoms with E-state index in [0.717, 1.165) is 6.42 Å². The van der Waals surface area contributed by atoms with E-state index in [2.05, 4.69) is 13.8 Å². The van der Waals surface area contributed by atoms with Crippen molar-refractivity contribution in [1.82, 2.24) is 0 Å². The van der Waals surface area contributed by atoms with Crippen LogP contribution in [0.1, 0.15) is 54.4 Å². The molecule has 25 heavy (non-hydrogen) atoms. The van der Waals surface area contributed by atoms with Crippen LogP contribution in [0.15, 0.2) is 0 Å². The van der Waals surface area contributed by atoms with E-state index in [1.54, 1.807) is 7.11 Å². The van der Waals surface area contributed by atoms with E-state index in [9.17, 15) is 0 Å². The van der Waals surface area contributed by atoms with Crippen molar-refractivity contribution in [3.63, 3.8) is 0 Å². The van der Waals surface area contributed by atoms with Crippen LogP contribution >= 0.6 is 0 Å². The molecule has 7 heteroatoms. The lowest BCUT2D eigenvalue weighted by molar-refractivity contribution is -0.235. The summed E-state index contributed by atoms with van der Waals surface area (Å²) >= 11 is 0. The van der Waals surface area contributed by atoms with E-state index in [4.69, 9.17) is 27.5 Å². The molecular weight excluding hydrogens is 340 g/mol. The predicted molar refractivity (Wildman–Crippen MR) is 99.6 cm³/mol. The topological polar surface area (TPSA) is 55.4 Å². The molecule has 0 spiro atoms. The number of hydrogen-bond acceptors (Lipinski definition) is 6. The van der Waals surface area contributed by atoms with Gasteiger partial charge >= 0.3 is 8.80 Å². The Hall–Kier alpha value is -0.0231. The van der Waals surface area contributed by atoms with Crippen molar-refractivity contribution < 1.29 is 27.5 Å². The summed E-state index contributed by atoms with van der Waals surface area (Å²) in [5.74, 6) is 0. The smallest absolute Gasteiger partial charge is 0.380 e. The quantitative estimate of drug-likeness (QED) is 0.433. The summed E-state index contributed by atoms with van der Waals surface area (Å²) in [6.07, 6.45) is 1.53. The second kappa shape index (κ2) is 10.3. The molecule has 1 fully saturated rings. The van der Waals surface area contributed by atoms with E-state index in [0.29, 0.717) is 46.1 Å². The molecule has 0 radical (unpaired) electrons. The molecule has 0 aromatic rings. The first kappa shape index (κ1) is 23.0. The highest BCUT2D eigenvalue weighted by Gasteiger charge is 2.59. The fraction of sp³-hybridized carbons (Fsp3) is 1.00. The summed E-state index contributed by atoms with van der Waals surface area (Å²) in [5.41, 5.74) is -0.680. The maximum absolute atomic E-state index is 6.15. The first-order chi connectivity index (χ1) is 11.9. The third-order valence-electron chi connectivity index (χ3n) is 5.22.